The van der Waals surface area contributed by atoms with Crippen LogP contribution >= 0.6 is 0 Å². The standard InChI is InChI=1S/C32H32N2.C30H28N2.C28H24N2.C26H20N2/c1-3-5-17-25-21-29(23-13-9-7-10-14-23)27-19-20-28-30(24-15-11-8-12-16-24)22-26(18-6-4-2)34-32(28)31(27)33-25;1-3-11-23-19-27(21-13-7-5-8-14-21)25-17-18-26-28(22-15-9-6-10-16-22)20-24(12-4-2)32-30(26)29(25)31-23;1-3-21-17-25(19-11-7-5-8-12-19)23-15-16-24-26(20-13-9-6-10-14-20)18-22(4-2)30-28(24)27(23)29-21;1-17-15-23(19-9-5-3-6-10-19)21-13-14-22-24(20-11-7-4-8-12-20)16-18(2)28-26(22)25(21)27-17/h7-16,19-22H,3-6,17-18H2,1-2H3;5-10,13-20H,3-4,11-12H2,1-2H3;5-18H,3-4H2,1-2H3;3-16H,1-2H3. The number of hydrogen-bond donors (Lipinski definition) is 0. The molecule has 0 unspecified atom stereocenters. The fourth-order valence-corrected chi connectivity index (χ4v) is 17.4. The Morgan fingerprint density at radius 1 is 0.169 bits per heavy atom. The predicted molar refractivity (Wildman–Crippen MR) is 525 cm³/mol. The first kappa shape index (κ1) is 82.2. The van der Waals surface area contributed by atoms with Gasteiger partial charge < -0.3 is 0 Å². The van der Waals surface area contributed by atoms with Crippen LogP contribution in [-0.2, 0) is 38.5 Å². The molecule has 12 aromatic carbocycles. The number of aryl methyl sites for hydroxylation is 8. The van der Waals surface area contributed by atoms with Crippen molar-refractivity contribution < 1.29 is 0 Å². The zero-order chi connectivity index (χ0) is 84.8. The van der Waals surface area contributed by atoms with Crippen LogP contribution in [0.3, 0.4) is 0 Å². The molecule has 0 saturated heterocycles. The summed E-state index contributed by atoms with van der Waals surface area (Å²) in [6.07, 6.45) is 12.4. The average molecular weight is 1610 g/mol. The summed E-state index contributed by atoms with van der Waals surface area (Å²) in [7, 11) is 0. The number of unbranched alkanes of at least 4 members (excludes halogenated alkanes) is 2. The van der Waals surface area contributed by atoms with E-state index in [4.69, 9.17) is 39.9 Å². The van der Waals surface area contributed by atoms with Gasteiger partial charge in [-0.1, -0.05) is 358 Å². The van der Waals surface area contributed by atoms with E-state index in [1.165, 1.54) is 111 Å². The predicted octanol–water partition coefficient (Wildman–Crippen LogP) is 30.8. The largest absolute Gasteiger partial charge is 0.251 e. The molecular weight excluding hydrogens is 1510 g/mol. The minimum Gasteiger partial charge on any atom is -0.251 e. The molecule has 0 aliphatic heterocycles. The zero-order valence-corrected chi connectivity index (χ0v) is 72.4. The number of nitrogens with zero attached hydrogens (tertiary/aromatic N) is 8. The van der Waals surface area contributed by atoms with E-state index in [1.807, 2.05) is 12.1 Å². The Hall–Kier alpha value is -14.1. The molecule has 0 aliphatic carbocycles. The Bertz CT molecular complexity index is 6720. The highest BCUT2D eigenvalue weighted by molar-refractivity contribution is 6.16. The fourth-order valence-electron chi connectivity index (χ4n) is 17.4. The van der Waals surface area contributed by atoms with Crippen LogP contribution in [0.1, 0.15) is 126 Å². The van der Waals surface area contributed by atoms with E-state index in [-0.39, 0.29) is 0 Å². The van der Waals surface area contributed by atoms with Crippen molar-refractivity contribution in [2.24, 2.45) is 0 Å². The number of benzene rings is 12. The normalized spacial score (nSPS) is 11.3. The Morgan fingerprint density at radius 2 is 0.339 bits per heavy atom. The molecule has 0 N–H and O–H groups in total. The number of aromatic nitrogens is 8. The molecule has 20 rings (SSSR count). The van der Waals surface area contributed by atoms with Crippen LogP contribution in [-0.4, -0.2) is 39.9 Å². The maximum Gasteiger partial charge on any atom is 0.0974 e. The fraction of sp³-hybridized carbons (Fsp3) is 0.172. The molecule has 20 aromatic rings. The van der Waals surface area contributed by atoms with Crippen LogP contribution in [0.2, 0.25) is 0 Å². The van der Waals surface area contributed by atoms with Crippen molar-refractivity contribution in [1.29, 1.82) is 0 Å². The van der Waals surface area contributed by atoms with Crippen molar-refractivity contribution in [3.05, 3.63) is 385 Å². The maximum atomic E-state index is 5.22. The highest BCUT2D eigenvalue weighted by Crippen LogP contribution is 2.43. The van der Waals surface area contributed by atoms with Gasteiger partial charge in [-0.15, -0.1) is 0 Å². The van der Waals surface area contributed by atoms with E-state index in [9.17, 15) is 0 Å². The quantitative estimate of drug-likeness (QED) is 0.0695. The average Bonchev–Trinajstić information content (AvgIpc) is 0.763. The molecule has 0 amide bonds. The molecule has 8 heteroatoms. The van der Waals surface area contributed by atoms with Gasteiger partial charge >= 0.3 is 0 Å². The van der Waals surface area contributed by atoms with Crippen LogP contribution in [0.15, 0.2) is 340 Å². The van der Waals surface area contributed by atoms with E-state index in [1.54, 1.807) is 0 Å². The van der Waals surface area contributed by atoms with E-state index in [2.05, 4.69) is 383 Å². The van der Waals surface area contributed by atoms with Crippen molar-refractivity contribution in [1.82, 2.24) is 39.9 Å². The molecule has 8 heterocycles. The summed E-state index contributed by atoms with van der Waals surface area (Å²) in [5.41, 5.74) is 36.4. The summed E-state index contributed by atoms with van der Waals surface area (Å²) in [6, 6.07) is 121. The van der Waals surface area contributed by atoms with Crippen molar-refractivity contribution >= 4 is 87.2 Å². The minimum atomic E-state index is 0.894. The second kappa shape index (κ2) is 38.3. The molecule has 0 spiro atoms. The molecule has 0 atom stereocenters. The number of pyridine rings is 8. The van der Waals surface area contributed by atoms with Crippen LogP contribution in [0.25, 0.3) is 176 Å². The summed E-state index contributed by atoms with van der Waals surface area (Å²) >= 11 is 0. The summed E-state index contributed by atoms with van der Waals surface area (Å²) in [5.74, 6) is 0. The molecule has 0 fully saturated rings. The summed E-state index contributed by atoms with van der Waals surface area (Å²) in [5, 5.41) is 9.29. The Labute approximate surface area is 729 Å². The second-order valence-corrected chi connectivity index (χ2v) is 32.4. The Morgan fingerprint density at radius 3 is 0.524 bits per heavy atom. The first-order valence-corrected chi connectivity index (χ1v) is 44.5. The van der Waals surface area contributed by atoms with Gasteiger partial charge in [0.15, 0.2) is 0 Å². The Balaban J connectivity index is 0.000000117. The van der Waals surface area contributed by atoms with Crippen LogP contribution in [0.4, 0.5) is 0 Å². The summed E-state index contributed by atoms with van der Waals surface area (Å²) < 4.78 is 0. The van der Waals surface area contributed by atoms with Gasteiger partial charge in [-0.3, -0.25) is 39.9 Å². The third-order valence-corrected chi connectivity index (χ3v) is 23.6. The van der Waals surface area contributed by atoms with Crippen molar-refractivity contribution in [3.8, 4) is 89.0 Å². The maximum absolute atomic E-state index is 5.22. The molecule has 0 saturated carbocycles. The molecule has 0 radical (unpaired) electrons. The molecule has 0 bridgehead atoms. The highest BCUT2D eigenvalue weighted by atomic mass is 14.8. The summed E-state index contributed by atoms with van der Waals surface area (Å²) in [4.78, 5) is 40.7. The lowest BCUT2D eigenvalue weighted by molar-refractivity contribution is 0.778. The van der Waals surface area contributed by atoms with Gasteiger partial charge in [-0.2, -0.15) is 0 Å². The molecular formula is C116H104N8. The SMILES string of the molecule is CCCCc1cc(-c2ccccc2)c2ccc3c(-c4ccccc4)cc(CCCC)nc3c2n1.CCCc1cc(-c2ccccc2)c2ccc3c(-c4ccccc4)cc(CCC)nc3c2n1.CCc1cc(-c2ccccc2)c2ccc3c(-c4ccccc4)cc(CC)nc3c2n1.Cc1cc(-c2ccccc2)c2ccc3c(-c4ccccc4)cc(C)nc3c2n1. The highest BCUT2D eigenvalue weighted by Gasteiger charge is 2.22. The van der Waals surface area contributed by atoms with Gasteiger partial charge in [0.2, 0.25) is 0 Å². The number of rotatable bonds is 20. The second-order valence-electron chi connectivity index (χ2n) is 32.4. The van der Waals surface area contributed by atoms with Crippen LogP contribution in [0, 0.1) is 13.8 Å². The van der Waals surface area contributed by atoms with Crippen molar-refractivity contribution in [2.45, 2.75) is 132 Å². The molecule has 124 heavy (non-hydrogen) atoms. The van der Waals surface area contributed by atoms with Crippen molar-refractivity contribution in [2.75, 3.05) is 0 Å². The van der Waals surface area contributed by atoms with Crippen LogP contribution < -0.4 is 0 Å². The van der Waals surface area contributed by atoms with E-state index in [0.29, 0.717) is 0 Å². The monoisotopic (exact) mass is 1610 g/mol. The number of fused-ring (bicyclic) bond motifs is 12. The van der Waals surface area contributed by atoms with E-state index >= 15 is 0 Å². The first-order chi connectivity index (χ1) is 61.0. The lowest BCUT2D eigenvalue weighted by Crippen LogP contribution is -1.99. The van der Waals surface area contributed by atoms with Crippen molar-refractivity contribution in [3.63, 3.8) is 0 Å². The van der Waals surface area contributed by atoms with Crippen LogP contribution in [0.5, 0.6) is 0 Å². The van der Waals surface area contributed by atoms with Gasteiger partial charge in [0.25, 0.3) is 0 Å². The first-order valence-electron chi connectivity index (χ1n) is 44.5. The van der Waals surface area contributed by atoms with Gasteiger partial charge in [0.05, 0.1) is 44.1 Å². The smallest absolute Gasteiger partial charge is 0.0974 e. The Kier molecular flexibility index (Phi) is 25.4. The minimum absolute atomic E-state index is 0.894. The lowest BCUT2D eigenvalue weighted by Gasteiger charge is -2.15. The molecule has 0 aliphatic rings. The van der Waals surface area contributed by atoms with E-state index < -0.39 is 0 Å². The lowest BCUT2D eigenvalue weighted by atomic mass is 9.94. The molecule has 8 aromatic heterocycles. The summed E-state index contributed by atoms with van der Waals surface area (Å²) in [6.45, 7) is 17.3. The molecule has 608 valence electrons. The van der Waals surface area contributed by atoms with Gasteiger partial charge in [-0.25, -0.2) is 0 Å². The van der Waals surface area contributed by atoms with E-state index in [0.717, 1.165) is 188 Å². The van der Waals surface area contributed by atoms with Gasteiger partial charge in [0.1, 0.15) is 0 Å². The van der Waals surface area contributed by atoms with Gasteiger partial charge in [0, 0.05) is 88.6 Å². The molecule has 8 nitrogen and oxygen atoms in total. The zero-order valence-electron chi connectivity index (χ0n) is 72.4. The number of hydrogen-bond acceptors (Lipinski definition) is 8. The van der Waals surface area contributed by atoms with Gasteiger partial charge in [-0.05, 0) is 203 Å². The third kappa shape index (κ3) is 17.7. The topological polar surface area (TPSA) is 103 Å². The third-order valence-electron chi connectivity index (χ3n) is 23.6.